The first-order chi connectivity index (χ1) is 13.5. The number of nitriles is 1. The molecule has 0 spiro atoms. The molecule has 0 bridgehead atoms. The van der Waals surface area contributed by atoms with Gasteiger partial charge in [-0.15, -0.1) is 11.3 Å². The minimum Gasteiger partial charge on any atom is -0.454 e. The fourth-order valence-electron chi connectivity index (χ4n) is 3.03. The highest BCUT2D eigenvalue weighted by atomic mass is 32.1. The average molecular weight is 393 g/mol. The third-order valence-electron chi connectivity index (χ3n) is 4.45. The number of carbonyl (C=O) groups is 2. The third-order valence-corrected chi connectivity index (χ3v) is 5.47. The van der Waals surface area contributed by atoms with E-state index in [1.165, 1.54) is 11.3 Å². The molecule has 0 N–H and O–H groups in total. The number of carbonyl (C=O) groups excluding carboxylic acids is 2. The van der Waals surface area contributed by atoms with E-state index in [2.05, 4.69) is 9.97 Å². The molecular formula is C21H19N3O3S. The quantitative estimate of drug-likeness (QED) is 0.590. The highest BCUT2D eigenvalue weighted by molar-refractivity contribution is 7.09. The molecule has 0 unspecified atom stereocenters. The Morgan fingerprint density at radius 3 is 2.64 bits per heavy atom. The number of aryl methyl sites for hydroxylation is 3. The lowest BCUT2D eigenvalue weighted by molar-refractivity contribution is -0.122. The molecule has 0 aliphatic heterocycles. The number of benzene rings is 1. The van der Waals surface area contributed by atoms with Gasteiger partial charge in [0.25, 0.3) is 0 Å². The molecular weight excluding hydrogens is 374 g/mol. The monoisotopic (exact) mass is 393 g/mol. The summed E-state index contributed by atoms with van der Waals surface area (Å²) in [6.07, 6.45) is 0.559. The zero-order valence-electron chi connectivity index (χ0n) is 15.9. The van der Waals surface area contributed by atoms with Crippen LogP contribution in [0.15, 0.2) is 29.6 Å². The van der Waals surface area contributed by atoms with E-state index in [0.717, 1.165) is 22.2 Å². The number of esters is 1. The van der Waals surface area contributed by atoms with E-state index >= 15 is 0 Å². The van der Waals surface area contributed by atoms with Crippen molar-refractivity contribution < 1.29 is 14.3 Å². The third kappa shape index (κ3) is 3.78. The molecule has 0 amide bonds. The van der Waals surface area contributed by atoms with Crippen LogP contribution in [-0.2, 0) is 16.0 Å². The molecule has 0 radical (unpaired) electrons. The van der Waals surface area contributed by atoms with Crippen molar-refractivity contribution in [2.45, 2.75) is 33.1 Å². The summed E-state index contributed by atoms with van der Waals surface area (Å²) in [5.74, 6) is -2.13. The molecule has 3 rings (SSSR count). The van der Waals surface area contributed by atoms with Crippen molar-refractivity contribution >= 4 is 34.0 Å². The molecule has 28 heavy (non-hydrogen) atoms. The fourth-order valence-corrected chi connectivity index (χ4v) is 3.89. The number of aromatic nitrogens is 2. The van der Waals surface area contributed by atoms with Gasteiger partial charge in [-0.3, -0.25) is 9.78 Å². The van der Waals surface area contributed by atoms with E-state index in [0.29, 0.717) is 22.7 Å². The van der Waals surface area contributed by atoms with E-state index in [1.54, 1.807) is 12.3 Å². The molecule has 6 nitrogen and oxygen atoms in total. The number of rotatable bonds is 6. The summed E-state index contributed by atoms with van der Waals surface area (Å²) in [5.41, 5.74) is 3.34. The summed E-state index contributed by atoms with van der Waals surface area (Å²) in [4.78, 5) is 33.9. The summed E-state index contributed by atoms with van der Waals surface area (Å²) >= 11 is 1.25. The highest BCUT2D eigenvalue weighted by Crippen LogP contribution is 2.25. The SMILES string of the molecule is CCc1nc2ccccc2c(C)c1C(=O)OCC(=O)[C@H](C#N)c1nc(C)cs1. The second-order valence-corrected chi connectivity index (χ2v) is 7.25. The van der Waals surface area contributed by atoms with Crippen molar-refractivity contribution in [3.05, 3.63) is 57.2 Å². The Bertz CT molecular complexity index is 1100. The Balaban J connectivity index is 1.82. The van der Waals surface area contributed by atoms with Crippen molar-refractivity contribution in [2.75, 3.05) is 6.61 Å². The number of Topliss-reactive ketones (excluding diaryl/α,β-unsaturated/α-hetero) is 1. The van der Waals surface area contributed by atoms with E-state index in [-0.39, 0.29) is 0 Å². The summed E-state index contributed by atoms with van der Waals surface area (Å²) in [6.45, 7) is 5.07. The van der Waals surface area contributed by atoms with Gasteiger partial charge in [-0.2, -0.15) is 5.26 Å². The van der Waals surface area contributed by atoms with Gasteiger partial charge in [-0.05, 0) is 31.9 Å². The maximum Gasteiger partial charge on any atom is 0.340 e. The van der Waals surface area contributed by atoms with Crippen LogP contribution < -0.4 is 0 Å². The van der Waals surface area contributed by atoms with Crippen LogP contribution >= 0.6 is 11.3 Å². The highest BCUT2D eigenvalue weighted by Gasteiger charge is 2.26. The minimum atomic E-state index is -1.03. The normalized spacial score (nSPS) is 11.8. The lowest BCUT2D eigenvalue weighted by Crippen LogP contribution is -2.21. The zero-order chi connectivity index (χ0) is 20.3. The Kier molecular flexibility index (Phi) is 5.81. The number of para-hydroxylation sites is 1. The van der Waals surface area contributed by atoms with Crippen molar-refractivity contribution in [1.82, 2.24) is 9.97 Å². The van der Waals surface area contributed by atoms with Crippen LogP contribution in [0.2, 0.25) is 0 Å². The predicted molar refractivity (Wildman–Crippen MR) is 106 cm³/mol. The van der Waals surface area contributed by atoms with Crippen LogP contribution in [0.4, 0.5) is 0 Å². The first kappa shape index (κ1) is 19.6. The van der Waals surface area contributed by atoms with Gasteiger partial charge in [0.1, 0.15) is 5.01 Å². The first-order valence-corrected chi connectivity index (χ1v) is 9.73. The Hall–Kier alpha value is -3.11. The number of fused-ring (bicyclic) bond motifs is 1. The molecule has 1 atom stereocenters. The van der Waals surface area contributed by atoms with Gasteiger partial charge in [-0.1, -0.05) is 25.1 Å². The van der Waals surface area contributed by atoms with E-state index in [9.17, 15) is 14.9 Å². The second-order valence-electron chi connectivity index (χ2n) is 6.36. The Labute approximate surface area is 166 Å². The van der Waals surface area contributed by atoms with Crippen molar-refractivity contribution in [3.8, 4) is 6.07 Å². The van der Waals surface area contributed by atoms with Gasteiger partial charge in [0, 0.05) is 16.5 Å². The molecule has 0 saturated heterocycles. The molecule has 1 aromatic carbocycles. The molecule has 7 heteroatoms. The number of ether oxygens (including phenoxy) is 1. The van der Waals surface area contributed by atoms with Crippen LogP contribution in [0.1, 0.15) is 45.2 Å². The molecule has 142 valence electrons. The van der Waals surface area contributed by atoms with Crippen LogP contribution in [-0.4, -0.2) is 28.3 Å². The van der Waals surface area contributed by atoms with Gasteiger partial charge in [0.15, 0.2) is 18.3 Å². The van der Waals surface area contributed by atoms with Gasteiger partial charge >= 0.3 is 5.97 Å². The topological polar surface area (TPSA) is 92.9 Å². The summed E-state index contributed by atoms with van der Waals surface area (Å²) in [5, 5.41) is 12.4. The van der Waals surface area contributed by atoms with Crippen molar-refractivity contribution in [3.63, 3.8) is 0 Å². The standard InChI is InChI=1S/C21H19N3O3S/c1-4-16-19(13(3)14-7-5-6-8-17(14)24-16)21(26)27-10-18(25)15(9-22)20-23-12(2)11-28-20/h5-8,11,15H,4,10H2,1-3H3/t15-/m0/s1. The number of hydrogen-bond acceptors (Lipinski definition) is 7. The van der Waals surface area contributed by atoms with Crippen LogP contribution in [0.3, 0.4) is 0 Å². The van der Waals surface area contributed by atoms with Gasteiger partial charge < -0.3 is 4.74 Å². The number of ketones is 1. The van der Waals surface area contributed by atoms with Gasteiger partial charge in [0.05, 0.1) is 22.8 Å². The minimum absolute atomic E-state index is 0.382. The van der Waals surface area contributed by atoms with Crippen LogP contribution in [0.5, 0.6) is 0 Å². The number of nitrogens with zero attached hydrogens (tertiary/aromatic N) is 3. The van der Waals surface area contributed by atoms with Gasteiger partial charge in [-0.25, -0.2) is 9.78 Å². The first-order valence-electron chi connectivity index (χ1n) is 8.86. The maximum absolute atomic E-state index is 12.7. The maximum atomic E-state index is 12.7. The summed E-state index contributed by atoms with van der Waals surface area (Å²) in [7, 11) is 0. The lowest BCUT2D eigenvalue weighted by Gasteiger charge is -2.13. The molecule has 3 aromatic rings. The van der Waals surface area contributed by atoms with Crippen molar-refractivity contribution in [2.24, 2.45) is 0 Å². The van der Waals surface area contributed by atoms with E-state index in [1.807, 2.05) is 44.2 Å². The summed E-state index contributed by atoms with van der Waals surface area (Å²) in [6, 6.07) is 9.52. The summed E-state index contributed by atoms with van der Waals surface area (Å²) < 4.78 is 5.27. The largest absolute Gasteiger partial charge is 0.454 e. The number of hydrogen-bond donors (Lipinski definition) is 0. The second kappa shape index (κ2) is 8.28. The molecule has 2 heterocycles. The molecule has 0 aliphatic carbocycles. The number of pyridine rings is 1. The fraction of sp³-hybridized carbons (Fsp3) is 0.286. The zero-order valence-corrected chi connectivity index (χ0v) is 16.7. The Morgan fingerprint density at radius 1 is 1.25 bits per heavy atom. The van der Waals surface area contributed by atoms with E-state index in [4.69, 9.17) is 4.74 Å². The molecule has 0 aliphatic rings. The van der Waals surface area contributed by atoms with Crippen LogP contribution in [0, 0.1) is 25.2 Å². The lowest BCUT2D eigenvalue weighted by atomic mass is 10.0. The van der Waals surface area contributed by atoms with E-state index < -0.39 is 24.3 Å². The average Bonchev–Trinajstić information content (AvgIpc) is 3.12. The predicted octanol–water partition coefficient (Wildman–Crippen LogP) is 3.90. The molecule has 2 aromatic heterocycles. The smallest absolute Gasteiger partial charge is 0.340 e. The Morgan fingerprint density at radius 2 is 2.00 bits per heavy atom. The van der Waals surface area contributed by atoms with Gasteiger partial charge in [0.2, 0.25) is 0 Å². The van der Waals surface area contributed by atoms with Crippen molar-refractivity contribution in [1.29, 1.82) is 5.26 Å². The molecule has 0 fully saturated rings. The molecule has 0 saturated carbocycles. The number of thiazole rings is 1. The van der Waals surface area contributed by atoms with Crippen LogP contribution in [0.25, 0.3) is 10.9 Å².